The van der Waals surface area contributed by atoms with Crippen molar-refractivity contribution >= 4 is 33.3 Å². The summed E-state index contributed by atoms with van der Waals surface area (Å²) >= 11 is 9.11. The van der Waals surface area contributed by atoms with E-state index >= 15 is 0 Å². The molecule has 2 rings (SSSR count). The predicted octanol–water partition coefficient (Wildman–Crippen LogP) is 2.47. The van der Waals surface area contributed by atoms with Gasteiger partial charge in [-0.3, -0.25) is 0 Å². The smallest absolute Gasteiger partial charge is 0.224 e. The highest BCUT2D eigenvalue weighted by molar-refractivity contribution is 9.10. The number of nitrogens with zero attached hydrogens (tertiary/aromatic N) is 2. The third-order valence-corrected chi connectivity index (χ3v) is 3.69. The number of hydrogen-bond acceptors (Lipinski definition) is 4. The molecule has 1 fully saturated rings. The van der Waals surface area contributed by atoms with Crippen LogP contribution in [0.4, 0.5) is 5.82 Å². The summed E-state index contributed by atoms with van der Waals surface area (Å²) in [5.74, 6) is 1.01. The first-order valence-electron chi connectivity index (χ1n) is 5.26. The minimum Gasteiger partial charge on any atom is -0.396 e. The molecular weight excluding hydrogens is 293 g/mol. The Labute approximate surface area is 108 Å². The summed E-state index contributed by atoms with van der Waals surface area (Å²) in [6.45, 7) is 0.216. The first kappa shape index (κ1) is 12.1. The van der Waals surface area contributed by atoms with Gasteiger partial charge in [0.2, 0.25) is 5.28 Å². The van der Waals surface area contributed by atoms with Gasteiger partial charge in [0.1, 0.15) is 5.82 Å². The van der Waals surface area contributed by atoms with Gasteiger partial charge in [-0.05, 0) is 40.4 Å². The van der Waals surface area contributed by atoms with Crippen LogP contribution in [0.5, 0.6) is 0 Å². The van der Waals surface area contributed by atoms with Gasteiger partial charge >= 0.3 is 0 Å². The molecule has 1 heterocycles. The van der Waals surface area contributed by atoms with Crippen LogP contribution in [-0.2, 0) is 0 Å². The molecule has 1 saturated carbocycles. The molecule has 88 valence electrons. The molecule has 4 nitrogen and oxygen atoms in total. The number of anilines is 1. The van der Waals surface area contributed by atoms with Crippen molar-refractivity contribution in [2.24, 2.45) is 5.92 Å². The first-order valence-corrected chi connectivity index (χ1v) is 6.43. The fourth-order valence-corrected chi connectivity index (χ4v) is 2.51. The van der Waals surface area contributed by atoms with Crippen LogP contribution in [0.2, 0.25) is 5.28 Å². The number of hydrogen-bond donors (Lipinski definition) is 2. The van der Waals surface area contributed by atoms with Crippen LogP contribution in [0.15, 0.2) is 10.7 Å². The largest absolute Gasteiger partial charge is 0.396 e. The van der Waals surface area contributed by atoms with Crippen LogP contribution in [-0.4, -0.2) is 27.7 Å². The topological polar surface area (TPSA) is 58.0 Å². The Morgan fingerprint density at radius 2 is 2.38 bits per heavy atom. The second-order valence-electron chi connectivity index (χ2n) is 3.96. The molecule has 1 aliphatic carbocycles. The fraction of sp³-hybridized carbons (Fsp3) is 0.600. The molecule has 0 amide bonds. The van der Waals surface area contributed by atoms with Crippen molar-refractivity contribution in [1.29, 1.82) is 0 Å². The molecule has 0 spiro atoms. The third-order valence-electron chi connectivity index (χ3n) is 2.93. The summed E-state index contributed by atoms with van der Waals surface area (Å²) in [5, 5.41) is 12.8. The van der Waals surface area contributed by atoms with Crippen LogP contribution in [0.25, 0.3) is 0 Å². The summed E-state index contributed by atoms with van der Waals surface area (Å²) in [6.07, 6.45) is 4.88. The van der Waals surface area contributed by atoms with E-state index in [0.717, 1.165) is 23.7 Å². The van der Waals surface area contributed by atoms with Crippen LogP contribution < -0.4 is 5.32 Å². The van der Waals surface area contributed by atoms with Gasteiger partial charge in [0.05, 0.1) is 4.47 Å². The Morgan fingerprint density at radius 3 is 3.12 bits per heavy atom. The molecule has 2 unspecified atom stereocenters. The number of aliphatic hydroxyl groups excluding tert-OH is 1. The lowest BCUT2D eigenvalue weighted by Gasteiger charge is -2.20. The van der Waals surface area contributed by atoms with Crippen molar-refractivity contribution in [1.82, 2.24) is 9.97 Å². The van der Waals surface area contributed by atoms with Crippen molar-refractivity contribution in [3.63, 3.8) is 0 Å². The molecule has 0 bridgehead atoms. The summed E-state index contributed by atoms with van der Waals surface area (Å²) in [6, 6.07) is 0.271. The van der Waals surface area contributed by atoms with Crippen LogP contribution in [0.1, 0.15) is 19.3 Å². The van der Waals surface area contributed by atoms with Crippen molar-refractivity contribution < 1.29 is 5.11 Å². The second-order valence-corrected chi connectivity index (χ2v) is 5.15. The predicted molar refractivity (Wildman–Crippen MR) is 66.6 cm³/mol. The highest BCUT2D eigenvalue weighted by Crippen LogP contribution is 2.30. The van der Waals surface area contributed by atoms with E-state index in [4.69, 9.17) is 11.6 Å². The van der Waals surface area contributed by atoms with Gasteiger partial charge in [0.15, 0.2) is 0 Å². The van der Waals surface area contributed by atoms with Crippen molar-refractivity contribution in [2.75, 3.05) is 11.9 Å². The van der Waals surface area contributed by atoms with E-state index in [9.17, 15) is 5.11 Å². The van der Waals surface area contributed by atoms with Gasteiger partial charge in [-0.2, -0.15) is 4.98 Å². The molecule has 1 aromatic rings. The van der Waals surface area contributed by atoms with Gasteiger partial charge in [-0.15, -0.1) is 0 Å². The summed E-state index contributed by atoms with van der Waals surface area (Å²) in [4.78, 5) is 7.99. The van der Waals surface area contributed by atoms with E-state index in [2.05, 4.69) is 31.2 Å². The molecule has 1 aliphatic rings. The molecule has 0 aliphatic heterocycles. The number of aromatic nitrogens is 2. The van der Waals surface area contributed by atoms with E-state index < -0.39 is 0 Å². The first-order chi connectivity index (χ1) is 7.70. The van der Waals surface area contributed by atoms with E-state index in [1.807, 2.05) is 0 Å². The number of halogens is 2. The van der Waals surface area contributed by atoms with Gasteiger partial charge < -0.3 is 10.4 Å². The molecular formula is C10H13BrClN3O. The molecule has 0 saturated heterocycles. The minimum atomic E-state index is 0.216. The quantitative estimate of drug-likeness (QED) is 0.842. The zero-order valence-electron chi connectivity index (χ0n) is 8.66. The molecule has 2 N–H and O–H groups in total. The lowest BCUT2D eigenvalue weighted by molar-refractivity contribution is 0.222. The Hall–Kier alpha value is -0.390. The van der Waals surface area contributed by atoms with Crippen LogP contribution in [0, 0.1) is 5.92 Å². The van der Waals surface area contributed by atoms with Gasteiger partial charge in [-0.25, -0.2) is 4.98 Å². The Kier molecular flexibility index (Phi) is 4.00. The van der Waals surface area contributed by atoms with E-state index in [-0.39, 0.29) is 17.9 Å². The molecule has 16 heavy (non-hydrogen) atoms. The van der Waals surface area contributed by atoms with Crippen molar-refractivity contribution in [3.8, 4) is 0 Å². The maximum atomic E-state index is 9.23. The standard InChI is InChI=1S/C10H13BrClN3O/c11-7-4-13-10(12)15-9(7)14-8-3-1-2-6(8)5-16/h4,6,8,16H,1-3,5H2,(H,13,14,15). The maximum Gasteiger partial charge on any atom is 0.224 e. The highest BCUT2D eigenvalue weighted by Gasteiger charge is 2.27. The zero-order valence-corrected chi connectivity index (χ0v) is 11.0. The Balaban J connectivity index is 2.11. The Morgan fingerprint density at radius 1 is 1.56 bits per heavy atom. The highest BCUT2D eigenvalue weighted by atomic mass is 79.9. The lowest BCUT2D eigenvalue weighted by atomic mass is 10.1. The second kappa shape index (κ2) is 5.29. The van der Waals surface area contributed by atoms with E-state index in [1.165, 1.54) is 0 Å². The third kappa shape index (κ3) is 2.64. The van der Waals surface area contributed by atoms with E-state index in [0.29, 0.717) is 11.7 Å². The molecule has 6 heteroatoms. The normalized spacial score (nSPS) is 24.7. The lowest BCUT2D eigenvalue weighted by Crippen LogP contribution is -2.27. The summed E-state index contributed by atoms with van der Waals surface area (Å²) in [7, 11) is 0. The average Bonchev–Trinajstić information content (AvgIpc) is 2.71. The number of nitrogens with one attached hydrogen (secondary N) is 1. The Bertz CT molecular complexity index is 377. The van der Waals surface area contributed by atoms with Crippen LogP contribution >= 0.6 is 27.5 Å². The summed E-state index contributed by atoms with van der Waals surface area (Å²) in [5.41, 5.74) is 0. The van der Waals surface area contributed by atoms with Crippen LogP contribution in [0.3, 0.4) is 0 Å². The molecule has 0 radical (unpaired) electrons. The average molecular weight is 307 g/mol. The minimum absolute atomic E-state index is 0.216. The van der Waals surface area contributed by atoms with Crippen molar-refractivity contribution in [3.05, 3.63) is 16.0 Å². The van der Waals surface area contributed by atoms with Gasteiger partial charge in [0.25, 0.3) is 0 Å². The fourth-order valence-electron chi connectivity index (χ4n) is 2.07. The van der Waals surface area contributed by atoms with Gasteiger partial charge in [-0.1, -0.05) is 6.42 Å². The molecule has 2 atom stereocenters. The summed E-state index contributed by atoms with van der Waals surface area (Å²) < 4.78 is 0.792. The zero-order chi connectivity index (χ0) is 11.5. The molecule has 1 aromatic heterocycles. The van der Waals surface area contributed by atoms with E-state index in [1.54, 1.807) is 6.20 Å². The SMILES string of the molecule is OCC1CCCC1Nc1nc(Cl)ncc1Br. The maximum absolute atomic E-state index is 9.23. The monoisotopic (exact) mass is 305 g/mol. The van der Waals surface area contributed by atoms with Crippen molar-refractivity contribution in [2.45, 2.75) is 25.3 Å². The number of aliphatic hydroxyl groups is 1. The van der Waals surface area contributed by atoms with Gasteiger partial charge in [0, 0.05) is 24.8 Å². The molecule has 0 aromatic carbocycles. The number of rotatable bonds is 3.